The molecule has 3 rings (SSSR count). The summed E-state index contributed by atoms with van der Waals surface area (Å²) >= 11 is 0. The van der Waals surface area contributed by atoms with Crippen LogP contribution in [-0.4, -0.2) is 16.2 Å². The van der Waals surface area contributed by atoms with Crippen LogP contribution in [0.5, 0.6) is 5.75 Å². The van der Waals surface area contributed by atoms with E-state index < -0.39 is 28.8 Å². The molecule has 0 spiro atoms. The zero-order valence-electron chi connectivity index (χ0n) is 15.6. The van der Waals surface area contributed by atoms with Crippen molar-refractivity contribution in [2.75, 3.05) is 11.9 Å². The number of nitrogens with zero attached hydrogens (tertiary/aromatic N) is 2. The van der Waals surface area contributed by atoms with Crippen molar-refractivity contribution in [2.24, 2.45) is 0 Å². The Morgan fingerprint density at radius 3 is 2.41 bits per heavy atom. The van der Waals surface area contributed by atoms with Crippen molar-refractivity contribution in [3.8, 4) is 5.75 Å². The lowest BCUT2D eigenvalue weighted by atomic mass is 10.2. The van der Waals surface area contributed by atoms with Crippen molar-refractivity contribution < 1.29 is 22.3 Å². The molecule has 0 saturated heterocycles. The van der Waals surface area contributed by atoms with Gasteiger partial charge >= 0.3 is 5.56 Å². The third kappa shape index (κ3) is 4.56. The van der Waals surface area contributed by atoms with Gasteiger partial charge in [-0.15, -0.1) is 0 Å². The highest BCUT2D eigenvalue weighted by Gasteiger charge is 2.14. The lowest BCUT2D eigenvalue weighted by Crippen LogP contribution is -2.20. The van der Waals surface area contributed by atoms with Crippen LogP contribution in [-0.2, 0) is 6.54 Å². The SMILES string of the molecule is CCOc1ccc(C)c(Nc2nc(=O)c(F)cn2Cc2cc(F)c(F)c(F)c2)c1. The van der Waals surface area contributed by atoms with Gasteiger partial charge in [-0.1, -0.05) is 6.07 Å². The Bertz CT molecular complexity index is 1090. The summed E-state index contributed by atoms with van der Waals surface area (Å²) in [7, 11) is 0. The lowest BCUT2D eigenvalue weighted by molar-refractivity contribution is 0.340. The molecule has 1 heterocycles. The molecule has 0 bridgehead atoms. The normalized spacial score (nSPS) is 10.8. The number of aromatic nitrogens is 2. The fraction of sp³-hybridized carbons (Fsp3) is 0.200. The average Bonchev–Trinajstić information content (AvgIpc) is 2.66. The van der Waals surface area contributed by atoms with Crippen molar-refractivity contribution in [3.05, 3.63) is 81.3 Å². The number of benzene rings is 2. The van der Waals surface area contributed by atoms with Gasteiger partial charge in [0.05, 0.1) is 13.2 Å². The van der Waals surface area contributed by atoms with Gasteiger partial charge in [-0.2, -0.15) is 9.37 Å². The first kappa shape index (κ1) is 20.4. The van der Waals surface area contributed by atoms with E-state index in [4.69, 9.17) is 4.74 Å². The summed E-state index contributed by atoms with van der Waals surface area (Å²) in [6.45, 7) is 3.82. The Morgan fingerprint density at radius 1 is 1.07 bits per heavy atom. The van der Waals surface area contributed by atoms with Crippen LogP contribution in [0.15, 0.2) is 41.3 Å². The molecule has 29 heavy (non-hydrogen) atoms. The summed E-state index contributed by atoms with van der Waals surface area (Å²) in [5.74, 6) is -4.97. The largest absolute Gasteiger partial charge is 0.494 e. The van der Waals surface area contributed by atoms with E-state index in [1.165, 1.54) is 0 Å². The second-order valence-corrected chi connectivity index (χ2v) is 6.25. The van der Waals surface area contributed by atoms with E-state index in [0.717, 1.165) is 28.5 Å². The van der Waals surface area contributed by atoms with Crippen LogP contribution in [0.25, 0.3) is 0 Å². The standard InChI is InChI=1S/C20H17F4N3O2/c1-3-29-13-5-4-11(2)17(8-13)25-20-26-19(28)16(23)10-27(20)9-12-6-14(21)18(24)15(22)7-12/h4-8,10H,3,9H2,1-2H3,(H,25,26,28). The van der Waals surface area contributed by atoms with Crippen molar-refractivity contribution in [3.63, 3.8) is 0 Å². The molecule has 3 aromatic rings. The Labute approximate surface area is 163 Å². The van der Waals surface area contributed by atoms with Gasteiger partial charge in [0.2, 0.25) is 11.8 Å². The van der Waals surface area contributed by atoms with Gasteiger partial charge in [0.25, 0.3) is 0 Å². The molecule has 5 nitrogen and oxygen atoms in total. The first-order valence-corrected chi connectivity index (χ1v) is 8.69. The van der Waals surface area contributed by atoms with Crippen LogP contribution in [0.3, 0.4) is 0 Å². The van der Waals surface area contributed by atoms with Crippen LogP contribution < -0.4 is 15.6 Å². The molecule has 0 aliphatic heterocycles. The summed E-state index contributed by atoms with van der Waals surface area (Å²) in [6, 6.07) is 6.80. The first-order chi connectivity index (χ1) is 13.8. The Kier molecular flexibility index (Phi) is 5.86. The van der Waals surface area contributed by atoms with E-state index in [-0.39, 0.29) is 18.1 Å². The van der Waals surface area contributed by atoms with Crippen LogP contribution in [0, 0.1) is 30.2 Å². The molecule has 0 atom stereocenters. The number of hydrogen-bond acceptors (Lipinski definition) is 4. The zero-order valence-corrected chi connectivity index (χ0v) is 15.6. The predicted molar refractivity (Wildman–Crippen MR) is 99.5 cm³/mol. The number of anilines is 2. The van der Waals surface area contributed by atoms with Crippen molar-refractivity contribution >= 4 is 11.6 Å². The molecule has 0 fully saturated rings. The number of nitrogens with one attached hydrogen (secondary N) is 1. The first-order valence-electron chi connectivity index (χ1n) is 8.69. The summed E-state index contributed by atoms with van der Waals surface area (Å²) in [6.07, 6.45) is 0.860. The number of halogens is 4. The van der Waals surface area contributed by atoms with E-state index in [9.17, 15) is 22.4 Å². The highest BCUT2D eigenvalue weighted by Crippen LogP contribution is 2.25. The molecule has 0 amide bonds. The lowest BCUT2D eigenvalue weighted by Gasteiger charge is -2.16. The van der Waals surface area contributed by atoms with E-state index in [0.29, 0.717) is 18.0 Å². The average molecular weight is 407 g/mol. The van der Waals surface area contributed by atoms with Gasteiger partial charge in [0.15, 0.2) is 17.5 Å². The van der Waals surface area contributed by atoms with Crippen molar-refractivity contribution in [1.82, 2.24) is 9.55 Å². The molecular formula is C20H17F4N3O2. The van der Waals surface area contributed by atoms with Gasteiger partial charge in [-0.05, 0) is 43.2 Å². The Morgan fingerprint density at radius 2 is 1.76 bits per heavy atom. The van der Waals surface area contributed by atoms with Crippen LogP contribution in [0.1, 0.15) is 18.1 Å². The third-order valence-corrected chi connectivity index (χ3v) is 4.12. The number of ether oxygens (including phenoxy) is 1. The van der Waals surface area contributed by atoms with Gasteiger partial charge in [-0.25, -0.2) is 13.2 Å². The van der Waals surface area contributed by atoms with Crippen molar-refractivity contribution in [2.45, 2.75) is 20.4 Å². The molecule has 0 unspecified atom stereocenters. The maximum atomic E-state index is 13.8. The number of rotatable bonds is 6. The third-order valence-electron chi connectivity index (χ3n) is 4.12. The zero-order chi connectivity index (χ0) is 21.1. The van der Waals surface area contributed by atoms with E-state index >= 15 is 0 Å². The monoisotopic (exact) mass is 407 g/mol. The highest BCUT2D eigenvalue weighted by atomic mass is 19.2. The van der Waals surface area contributed by atoms with E-state index in [2.05, 4.69) is 10.3 Å². The van der Waals surface area contributed by atoms with Crippen LogP contribution >= 0.6 is 0 Å². The molecule has 0 aliphatic carbocycles. The molecule has 2 aromatic carbocycles. The quantitative estimate of drug-likeness (QED) is 0.489. The highest BCUT2D eigenvalue weighted by molar-refractivity contribution is 5.61. The van der Waals surface area contributed by atoms with Gasteiger partial charge in [0, 0.05) is 18.0 Å². The molecule has 0 aliphatic rings. The van der Waals surface area contributed by atoms with Crippen LogP contribution in [0.4, 0.5) is 29.2 Å². The van der Waals surface area contributed by atoms with Gasteiger partial charge in [0.1, 0.15) is 5.75 Å². The fourth-order valence-corrected chi connectivity index (χ4v) is 2.70. The van der Waals surface area contributed by atoms with E-state index in [1.54, 1.807) is 25.1 Å². The Balaban J connectivity index is 2.01. The molecule has 1 aromatic heterocycles. The maximum absolute atomic E-state index is 13.8. The summed E-state index contributed by atoms with van der Waals surface area (Å²) in [5, 5.41) is 2.91. The van der Waals surface area contributed by atoms with E-state index in [1.807, 2.05) is 6.92 Å². The molecule has 152 valence electrons. The van der Waals surface area contributed by atoms with Crippen molar-refractivity contribution in [1.29, 1.82) is 0 Å². The minimum atomic E-state index is -1.60. The fourth-order valence-electron chi connectivity index (χ4n) is 2.70. The minimum absolute atomic E-state index is 0.0223. The number of aryl methyl sites for hydroxylation is 1. The molecule has 1 N–H and O–H groups in total. The maximum Gasteiger partial charge on any atom is 0.310 e. The minimum Gasteiger partial charge on any atom is -0.494 e. The second kappa shape index (κ2) is 8.34. The molecule has 0 saturated carbocycles. The predicted octanol–water partition coefficient (Wildman–Crippen LogP) is 4.30. The summed E-state index contributed by atoms with van der Waals surface area (Å²) in [5.41, 5.74) is 0.255. The summed E-state index contributed by atoms with van der Waals surface area (Å²) in [4.78, 5) is 15.4. The topological polar surface area (TPSA) is 56.1 Å². The summed E-state index contributed by atoms with van der Waals surface area (Å²) < 4.78 is 60.6. The second-order valence-electron chi connectivity index (χ2n) is 6.25. The smallest absolute Gasteiger partial charge is 0.310 e. The van der Waals surface area contributed by atoms with Gasteiger partial charge < -0.3 is 14.6 Å². The van der Waals surface area contributed by atoms with Gasteiger partial charge in [-0.3, -0.25) is 4.79 Å². The Hall–Kier alpha value is -3.36. The number of hydrogen-bond donors (Lipinski definition) is 1. The molecular weight excluding hydrogens is 390 g/mol. The molecule has 9 heteroatoms. The molecule has 0 radical (unpaired) electrons. The van der Waals surface area contributed by atoms with Crippen LogP contribution in [0.2, 0.25) is 0 Å².